The Morgan fingerprint density at radius 2 is 1.85 bits per heavy atom. The maximum atomic E-state index is 12.4. The maximum absolute atomic E-state index is 12.4. The van der Waals surface area contributed by atoms with Gasteiger partial charge in [0, 0.05) is 28.5 Å². The molecule has 0 heterocycles. The molecule has 1 amide bonds. The van der Waals surface area contributed by atoms with Crippen LogP contribution >= 0.6 is 15.9 Å². The molecule has 2 aromatic carbocycles. The molecule has 0 fully saturated rings. The Morgan fingerprint density at radius 1 is 1.20 bits per heavy atom. The summed E-state index contributed by atoms with van der Waals surface area (Å²) in [7, 11) is 3.33. The summed E-state index contributed by atoms with van der Waals surface area (Å²) in [5, 5.41) is 0. The van der Waals surface area contributed by atoms with Crippen LogP contribution in [-0.2, 0) is 0 Å². The molecule has 0 spiro atoms. The van der Waals surface area contributed by atoms with Gasteiger partial charge < -0.3 is 15.4 Å². The molecule has 0 radical (unpaired) electrons. The number of anilines is 2. The molecule has 4 nitrogen and oxygen atoms in total. The standard InChI is InChI=1S/C15H15BrN2O2/c1-18(13-3-5-14(20-2)6-4-13)15(19)10-7-11(16)9-12(17)8-10/h3-9H,17H2,1-2H3. The zero-order valence-corrected chi connectivity index (χ0v) is 12.8. The zero-order valence-electron chi connectivity index (χ0n) is 11.3. The molecule has 0 atom stereocenters. The van der Waals surface area contributed by atoms with Gasteiger partial charge in [-0.25, -0.2) is 0 Å². The summed E-state index contributed by atoms with van der Waals surface area (Å²) in [5.74, 6) is 0.629. The molecule has 5 heteroatoms. The van der Waals surface area contributed by atoms with Crippen LogP contribution < -0.4 is 15.4 Å². The second-order valence-electron chi connectivity index (χ2n) is 4.34. The molecule has 0 aliphatic heterocycles. The van der Waals surface area contributed by atoms with E-state index < -0.39 is 0 Å². The quantitative estimate of drug-likeness (QED) is 0.876. The number of hydrogen-bond donors (Lipinski definition) is 1. The number of amides is 1. The van der Waals surface area contributed by atoms with Gasteiger partial charge in [0.05, 0.1) is 7.11 Å². The fraction of sp³-hybridized carbons (Fsp3) is 0.133. The van der Waals surface area contributed by atoms with Crippen molar-refractivity contribution >= 4 is 33.2 Å². The van der Waals surface area contributed by atoms with Gasteiger partial charge >= 0.3 is 0 Å². The van der Waals surface area contributed by atoms with Crippen LogP contribution in [-0.4, -0.2) is 20.1 Å². The zero-order chi connectivity index (χ0) is 14.7. The fourth-order valence-electron chi connectivity index (χ4n) is 1.85. The van der Waals surface area contributed by atoms with Crippen molar-refractivity contribution in [3.8, 4) is 5.75 Å². The number of nitrogen functional groups attached to an aromatic ring is 1. The minimum Gasteiger partial charge on any atom is -0.497 e. The molecule has 0 aliphatic carbocycles. The van der Waals surface area contributed by atoms with Crippen LogP contribution in [0.1, 0.15) is 10.4 Å². The van der Waals surface area contributed by atoms with Crippen molar-refractivity contribution in [3.63, 3.8) is 0 Å². The highest BCUT2D eigenvalue weighted by Crippen LogP contribution is 2.22. The van der Waals surface area contributed by atoms with Crippen molar-refractivity contribution in [3.05, 3.63) is 52.5 Å². The average molecular weight is 335 g/mol. The SMILES string of the molecule is COc1ccc(N(C)C(=O)c2cc(N)cc(Br)c2)cc1. The highest BCUT2D eigenvalue weighted by atomic mass is 79.9. The van der Waals surface area contributed by atoms with E-state index in [1.165, 1.54) is 0 Å². The number of benzene rings is 2. The summed E-state index contributed by atoms with van der Waals surface area (Å²) in [4.78, 5) is 14.0. The number of nitrogens with two attached hydrogens (primary N) is 1. The van der Waals surface area contributed by atoms with Gasteiger partial charge in [0.15, 0.2) is 0 Å². The minimum atomic E-state index is -0.122. The largest absolute Gasteiger partial charge is 0.497 e. The van der Waals surface area contributed by atoms with Crippen LogP contribution in [0.25, 0.3) is 0 Å². The highest BCUT2D eigenvalue weighted by molar-refractivity contribution is 9.10. The van der Waals surface area contributed by atoms with E-state index in [0.29, 0.717) is 11.3 Å². The minimum absolute atomic E-state index is 0.122. The number of hydrogen-bond acceptors (Lipinski definition) is 3. The monoisotopic (exact) mass is 334 g/mol. The van der Waals surface area contributed by atoms with E-state index in [4.69, 9.17) is 10.5 Å². The highest BCUT2D eigenvalue weighted by Gasteiger charge is 2.14. The predicted molar refractivity (Wildman–Crippen MR) is 84.3 cm³/mol. The number of nitrogens with zero attached hydrogens (tertiary/aromatic N) is 1. The molecule has 0 aliphatic rings. The average Bonchev–Trinajstić information content (AvgIpc) is 2.45. The van der Waals surface area contributed by atoms with E-state index >= 15 is 0 Å². The first-order chi connectivity index (χ1) is 9.51. The summed E-state index contributed by atoms with van der Waals surface area (Å²) < 4.78 is 5.88. The van der Waals surface area contributed by atoms with Gasteiger partial charge in [0.2, 0.25) is 0 Å². The number of ether oxygens (including phenoxy) is 1. The molecule has 0 unspecified atom stereocenters. The lowest BCUT2D eigenvalue weighted by molar-refractivity contribution is 0.0993. The van der Waals surface area contributed by atoms with Crippen molar-refractivity contribution < 1.29 is 9.53 Å². The summed E-state index contributed by atoms with van der Waals surface area (Å²) >= 11 is 3.34. The molecular formula is C15H15BrN2O2. The van der Waals surface area contributed by atoms with Crippen LogP contribution in [0.3, 0.4) is 0 Å². The van der Waals surface area contributed by atoms with E-state index in [9.17, 15) is 4.79 Å². The molecule has 0 saturated heterocycles. The molecule has 2 rings (SSSR count). The van der Waals surface area contributed by atoms with E-state index in [0.717, 1.165) is 15.9 Å². The molecule has 0 bridgehead atoms. The second-order valence-corrected chi connectivity index (χ2v) is 5.25. The van der Waals surface area contributed by atoms with Crippen molar-refractivity contribution in [2.24, 2.45) is 0 Å². The van der Waals surface area contributed by atoms with Gasteiger partial charge in [-0.1, -0.05) is 15.9 Å². The number of methoxy groups -OCH3 is 1. The lowest BCUT2D eigenvalue weighted by atomic mass is 10.1. The molecule has 2 aromatic rings. The number of halogens is 1. The van der Waals surface area contributed by atoms with Crippen LogP contribution in [0.5, 0.6) is 5.75 Å². The lowest BCUT2D eigenvalue weighted by Gasteiger charge is -2.18. The molecule has 104 valence electrons. The normalized spacial score (nSPS) is 10.2. The van der Waals surface area contributed by atoms with E-state index in [1.54, 1.807) is 37.3 Å². The third-order valence-electron chi connectivity index (χ3n) is 2.93. The third kappa shape index (κ3) is 3.11. The second kappa shape index (κ2) is 5.96. The van der Waals surface area contributed by atoms with Crippen molar-refractivity contribution in [1.82, 2.24) is 0 Å². The van der Waals surface area contributed by atoms with Gasteiger partial charge in [0.1, 0.15) is 5.75 Å². The summed E-state index contributed by atoms with van der Waals surface area (Å²) in [6.07, 6.45) is 0. The fourth-order valence-corrected chi connectivity index (χ4v) is 2.36. The Hall–Kier alpha value is -2.01. The number of rotatable bonds is 3. The summed E-state index contributed by atoms with van der Waals surface area (Å²) in [5.41, 5.74) is 7.63. The van der Waals surface area contributed by atoms with Crippen molar-refractivity contribution in [2.45, 2.75) is 0 Å². The van der Waals surface area contributed by atoms with Crippen LogP contribution in [0.2, 0.25) is 0 Å². The van der Waals surface area contributed by atoms with Crippen molar-refractivity contribution in [2.75, 3.05) is 24.8 Å². The van der Waals surface area contributed by atoms with Crippen LogP contribution in [0.4, 0.5) is 11.4 Å². The van der Waals surface area contributed by atoms with Crippen molar-refractivity contribution in [1.29, 1.82) is 0 Å². The maximum Gasteiger partial charge on any atom is 0.258 e. The first-order valence-electron chi connectivity index (χ1n) is 5.99. The van der Waals surface area contributed by atoms with Crippen LogP contribution in [0.15, 0.2) is 46.9 Å². The topological polar surface area (TPSA) is 55.6 Å². The Labute approximate surface area is 126 Å². The Balaban J connectivity index is 2.27. The van der Waals surface area contributed by atoms with E-state index in [2.05, 4.69) is 15.9 Å². The van der Waals surface area contributed by atoms with E-state index in [1.807, 2.05) is 24.3 Å². The molecule has 20 heavy (non-hydrogen) atoms. The predicted octanol–water partition coefficient (Wildman–Crippen LogP) is 3.32. The first-order valence-corrected chi connectivity index (χ1v) is 6.78. The molecule has 2 N–H and O–H groups in total. The molecule has 0 aromatic heterocycles. The summed E-state index contributed by atoms with van der Waals surface area (Å²) in [6.45, 7) is 0. The van der Waals surface area contributed by atoms with Gasteiger partial charge in [-0.3, -0.25) is 4.79 Å². The Kier molecular flexibility index (Phi) is 4.29. The van der Waals surface area contributed by atoms with Gasteiger partial charge in [-0.15, -0.1) is 0 Å². The lowest BCUT2D eigenvalue weighted by Crippen LogP contribution is -2.26. The Bertz CT molecular complexity index is 606. The Morgan fingerprint density at radius 3 is 2.40 bits per heavy atom. The van der Waals surface area contributed by atoms with Gasteiger partial charge in [-0.2, -0.15) is 0 Å². The number of carbonyl (C=O) groups excluding carboxylic acids is 1. The molecule has 0 saturated carbocycles. The van der Waals surface area contributed by atoms with E-state index in [-0.39, 0.29) is 5.91 Å². The van der Waals surface area contributed by atoms with Gasteiger partial charge in [-0.05, 0) is 42.5 Å². The first kappa shape index (κ1) is 14.4. The number of carbonyl (C=O) groups is 1. The summed E-state index contributed by atoms with van der Waals surface area (Å²) in [6, 6.07) is 12.5. The molecular weight excluding hydrogens is 320 g/mol. The third-order valence-corrected chi connectivity index (χ3v) is 3.39. The smallest absolute Gasteiger partial charge is 0.258 e. The van der Waals surface area contributed by atoms with Gasteiger partial charge in [0.25, 0.3) is 5.91 Å². The van der Waals surface area contributed by atoms with Crippen LogP contribution in [0, 0.1) is 0 Å².